The molecule has 2 aromatic rings. The van der Waals surface area contributed by atoms with Crippen molar-refractivity contribution in [3.63, 3.8) is 0 Å². The minimum atomic E-state index is 0.253. The summed E-state index contributed by atoms with van der Waals surface area (Å²) in [5, 5.41) is 3.46. The Labute approximate surface area is 120 Å². The third-order valence-corrected chi connectivity index (χ3v) is 4.51. The SMILES string of the molecule is CNC(c1ccccc1SC)c1cccc(C)c1C. The normalized spacial score (nSPS) is 12.4. The summed E-state index contributed by atoms with van der Waals surface area (Å²) >= 11 is 1.80. The maximum atomic E-state index is 3.46. The van der Waals surface area contributed by atoms with Gasteiger partial charge >= 0.3 is 0 Å². The molecule has 1 atom stereocenters. The lowest BCUT2D eigenvalue weighted by atomic mass is 9.93. The van der Waals surface area contributed by atoms with Crippen molar-refractivity contribution in [1.29, 1.82) is 0 Å². The molecule has 2 rings (SSSR count). The van der Waals surface area contributed by atoms with Gasteiger partial charge in [-0.05, 0) is 55.5 Å². The van der Waals surface area contributed by atoms with Crippen molar-refractivity contribution in [2.45, 2.75) is 24.8 Å². The van der Waals surface area contributed by atoms with Crippen LogP contribution in [0.2, 0.25) is 0 Å². The number of benzene rings is 2. The lowest BCUT2D eigenvalue weighted by Crippen LogP contribution is -2.19. The van der Waals surface area contributed by atoms with Crippen molar-refractivity contribution in [3.05, 3.63) is 64.7 Å². The van der Waals surface area contributed by atoms with E-state index in [1.54, 1.807) is 11.8 Å². The van der Waals surface area contributed by atoms with Crippen LogP contribution in [0.3, 0.4) is 0 Å². The van der Waals surface area contributed by atoms with Gasteiger partial charge in [0.1, 0.15) is 0 Å². The van der Waals surface area contributed by atoms with Gasteiger partial charge in [-0.1, -0.05) is 36.4 Å². The van der Waals surface area contributed by atoms with E-state index in [-0.39, 0.29) is 6.04 Å². The van der Waals surface area contributed by atoms with Gasteiger partial charge in [-0.2, -0.15) is 0 Å². The molecule has 2 heteroatoms. The number of aryl methyl sites for hydroxylation is 1. The summed E-state index contributed by atoms with van der Waals surface area (Å²) in [4.78, 5) is 1.34. The molecule has 1 unspecified atom stereocenters. The van der Waals surface area contributed by atoms with E-state index in [2.05, 4.69) is 67.9 Å². The van der Waals surface area contributed by atoms with Gasteiger partial charge in [0.25, 0.3) is 0 Å². The van der Waals surface area contributed by atoms with Crippen LogP contribution in [0.5, 0.6) is 0 Å². The summed E-state index contributed by atoms with van der Waals surface area (Å²) in [6, 6.07) is 15.4. The molecule has 1 nitrogen and oxygen atoms in total. The maximum Gasteiger partial charge on any atom is 0.0588 e. The van der Waals surface area contributed by atoms with Crippen molar-refractivity contribution in [3.8, 4) is 0 Å². The zero-order valence-electron chi connectivity index (χ0n) is 12.0. The highest BCUT2D eigenvalue weighted by Gasteiger charge is 2.17. The second-order valence-corrected chi connectivity index (χ2v) is 5.60. The van der Waals surface area contributed by atoms with Gasteiger partial charge in [0, 0.05) is 4.90 Å². The van der Waals surface area contributed by atoms with E-state index in [1.165, 1.54) is 27.1 Å². The Kier molecular flexibility index (Phi) is 4.67. The third-order valence-electron chi connectivity index (χ3n) is 3.70. The summed E-state index contributed by atoms with van der Waals surface area (Å²) in [5.41, 5.74) is 5.44. The molecule has 0 bridgehead atoms. The highest BCUT2D eigenvalue weighted by molar-refractivity contribution is 7.98. The highest BCUT2D eigenvalue weighted by Crippen LogP contribution is 2.32. The van der Waals surface area contributed by atoms with Gasteiger partial charge < -0.3 is 5.32 Å². The fourth-order valence-electron chi connectivity index (χ4n) is 2.47. The summed E-state index contributed by atoms with van der Waals surface area (Å²) in [6.45, 7) is 4.38. The van der Waals surface area contributed by atoms with Crippen LogP contribution in [0.25, 0.3) is 0 Å². The summed E-state index contributed by atoms with van der Waals surface area (Å²) in [5.74, 6) is 0. The number of hydrogen-bond donors (Lipinski definition) is 1. The molecule has 0 saturated heterocycles. The average molecular weight is 271 g/mol. The number of hydrogen-bond acceptors (Lipinski definition) is 2. The van der Waals surface area contributed by atoms with E-state index >= 15 is 0 Å². The molecule has 100 valence electrons. The van der Waals surface area contributed by atoms with E-state index in [1.807, 2.05) is 7.05 Å². The van der Waals surface area contributed by atoms with Crippen molar-refractivity contribution >= 4 is 11.8 Å². The van der Waals surface area contributed by atoms with Crippen LogP contribution in [0.15, 0.2) is 47.4 Å². The van der Waals surface area contributed by atoms with Gasteiger partial charge in [-0.3, -0.25) is 0 Å². The summed E-state index contributed by atoms with van der Waals surface area (Å²) in [7, 11) is 2.03. The Morgan fingerprint density at radius 2 is 1.63 bits per heavy atom. The van der Waals surface area contributed by atoms with E-state index < -0.39 is 0 Å². The van der Waals surface area contributed by atoms with Crippen LogP contribution < -0.4 is 5.32 Å². The predicted molar refractivity (Wildman–Crippen MR) is 85.0 cm³/mol. The molecule has 0 aliphatic carbocycles. The monoisotopic (exact) mass is 271 g/mol. The lowest BCUT2D eigenvalue weighted by Gasteiger charge is -2.22. The Hall–Kier alpha value is -1.25. The van der Waals surface area contributed by atoms with Gasteiger partial charge in [-0.25, -0.2) is 0 Å². The van der Waals surface area contributed by atoms with E-state index in [0.717, 1.165) is 0 Å². The summed E-state index contributed by atoms with van der Waals surface area (Å²) in [6.07, 6.45) is 2.13. The Bertz CT molecular complexity index is 563. The number of nitrogens with one attached hydrogen (secondary N) is 1. The van der Waals surface area contributed by atoms with Crippen LogP contribution in [0, 0.1) is 13.8 Å². The van der Waals surface area contributed by atoms with Crippen LogP contribution >= 0.6 is 11.8 Å². The molecule has 19 heavy (non-hydrogen) atoms. The number of thioether (sulfide) groups is 1. The Balaban J connectivity index is 2.53. The minimum Gasteiger partial charge on any atom is -0.309 e. The van der Waals surface area contributed by atoms with E-state index in [9.17, 15) is 0 Å². The van der Waals surface area contributed by atoms with Crippen LogP contribution in [0.4, 0.5) is 0 Å². The zero-order valence-corrected chi connectivity index (χ0v) is 12.8. The smallest absolute Gasteiger partial charge is 0.0588 e. The molecule has 2 aromatic carbocycles. The van der Waals surface area contributed by atoms with Crippen molar-refractivity contribution < 1.29 is 0 Å². The molecule has 0 amide bonds. The zero-order chi connectivity index (χ0) is 13.8. The van der Waals surface area contributed by atoms with Gasteiger partial charge in [0.15, 0.2) is 0 Å². The predicted octanol–water partition coefficient (Wildman–Crippen LogP) is 4.33. The molecule has 0 aliphatic heterocycles. The van der Waals surface area contributed by atoms with Crippen molar-refractivity contribution in [2.24, 2.45) is 0 Å². The molecular formula is C17H21NS. The van der Waals surface area contributed by atoms with Crippen LogP contribution in [-0.4, -0.2) is 13.3 Å². The second-order valence-electron chi connectivity index (χ2n) is 4.75. The van der Waals surface area contributed by atoms with Crippen LogP contribution in [0.1, 0.15) is 28.3 Å². The molecular weight excluding hydrogens is 250 g/mol. The van der Waals surface area contributed by atoms with E-state index in [0.29, 0.717) is 0 Å². The van der Waals surface area contributed by atoms with E-state index in [4.69, 9.17) is 0 Å². The Morgan fingerprint density at radius 1 is 0.947 bits per heavy atom. The molecule has 0 aromatic heterocycles. The first-order chi connectivity index (χ1) is 9.19. The molecule has 0 heterocycles. The van der Waals surface area contributed by atoms with Crippen LogP contribution in [-0.2, 0) is 0 Å². The first-order valence-electron chi connectivity index (χ1n) is 6.55. The van der Waals surface area contributed by atoms with Gasteiger partial charge in [0.2, 0.25) is 0 Å². The molecule has 1 N–H and O–H groups in total. The lowest BCUT2D eigenvalue weighted by molar-refractivity contribution is 0.675. The molecule has 0 aliphatic rings. The first-order valence-corrected chi connectivity index (χ1v) is 7.77. The van der Waals surface area contributed by atoms with Gasteiger partial charge in [0.05, 0.1) is 6.04 Å². The molecule has 0 fully saturated rings. The quantitative estimate of drug-likeness (QED) is 0.830. The Morgan fingerprint density at radius 3 is 2.32 bits per heavy atom. The fourth-order valence-corrected chi connectivity index (χ4v) is 3.11. The number of rotatable bonds is 4. The molecule has 0 radical (unpaired) electrons. The second kappa shape index (κ2) is 6.27. The van der Waals surface area contributed by atoms with Crippen molar-refractivity contribution in [2.75, 3.05) is 13.3 Å². The fraction of sp³-hybridized carbons (Fsp3) is 0.294. The molecule has 0 spiro atoms. The average Bonchev–Trinajstić information content (AvgIpc) is 2.45. The molecule has 0 saturated carbocycles. The first kappa shape index (κ1) is 14.2. The maximum absolute atomic E-state index is 3.46. The highest BCUT2D eigenvalue weighted by atomic mass is 32.2. The topological polar surface area (TPSA) is 12.0 Å². The standard InChI is InChI=1S/C17H21NS/c1-12-8-7-10-14(13(12)2)17(18-3)15-9-5-6-11-16(15)19-4/h5-11,17-18H,1-4H3. The minimum absolute atomic E-state index is 0.253. The third kappa shape index (κ3) is 2.85. The summed E-state index contributed by atoms with van der Waals surface area (Å²) < 4.78 is 0. The van der Waals surface area contributed by atoms with Gasteiger partial charge in [-0.15, -0.1) is 11.8 Å². The largest absolute Gasteiger partial charge is 0.309 e. The van der Waals surface area contributed by atoms with Crippen molar-refractivity contribution in [1.82, 2.24) is 5.32 Å².